The van der Waals surface area contributed by atoms with Crippen molar-refractivity contribution >= 4 is 23.2 Å². The molecule has 1 aromatic carbocycles. The summed E-state index contributed by atoms with van der Waals surface area (Å²) in [6.07, 6.45) is 0.710. The smallest absolute Gasteiger partial charge is 0.240 e. The number of benzene rings is 1. The largest absolute Gasteiger partial charge is 0.391 e. The first-order valence-corrected chi connectivity index (χ1v) is 7.92. The number of aliphatic hydroxyl groups excluding tert-OH is 1. The Labute approximate surface area is 138 Å². The minimum Gasteiger partial charge on any atom is -0.391 e. The molecule has 1 aromatic heterocycles. The highest BCUT2D eigenvalue weighted by Gasteiger charge is 2.36. The van der Waals surface area contributed by atoms with Crippen LogP contribution in [0.15, 0.2) is 16.7 Å². The molecule has 2 atom stereocenters. The summed E-state index contributed by atoms with van der Waals surface area (Å²) in [7, 11) is 1.91. The molecule has 7 heteroatoms. The van der Waals surface area contributed by atoms with Crippen LogP contribution in [0.3, 0.4) is 0 Å². The number of aryl methyl sites for hydroxylation is 1. The number of nitrogens with zero attached hydrogens (tertiary/aromatic N) is 3. The lowest BCUT2D eigenvalue weighted by molar-refractivity contribution is 0.0667. The molecule has 0 fully saturated rings. The van der Waals surface area contributed by atoms with Gasteiger partial charge in [0.2, 0.25) is 5.89 Å². The van der Waals surface area contributed by atoms with Crippen molar-refractivity contribution in [2.24, 2.45) is 0 Å². The van der Waals surface area contributed by atoms with Gasteiger partial charge in [-0.05, 0) is 30.3 Å². The van der Waals surface area contributed by atoms with Gasteiger partial charge in [-0.15, -0.1) is 0 Å². The summed E-state index contributed by atoms with van der Waals surface area (Å²) >= 11 is 12.3. The Balaban J connectivity index is 1.85. The van der Waals surface area contributed by atoms with Gasteiger partial charge >= 0.3 is 0 Å². The molecule has 1 N–H and O–H groups in total. The van der Waals surface area contributed by atoms with Crippen LogP contribution in [-0.2, 0) is 19.4 Å². The number of aromatic nitrogens is 2. The Morgan fingerprint density at radius 3 is 2.86 bits per heavy atom. The van der Waals surface area contributed by atoms with Crippen LogP contribution in [0, 0.1) is 0 Å². The van der Waals surface area contributed by atoms with E-state index in [9.17, 15) is 5.11 Å². The molecular weight excluding hydrogens is 325 g/mol. The highest BCUT2D eigenvalue weighted by atomic mass is 35.5. The Kier molecular flexibility index (Phi) is 4.41. The molecule has 118 valence electrons. The number of hydrogen-bond acceptors (Lipinski definition) is 5. The summed E-state index contributed by atoms with van der Waals surface area (Å²) in [6.45, 7) is 2.43. The molecule has 0 unspecified atom stereocenters. The van der Waals surface area contributed by atoms with Crippen LogP contribution >= 0.6 is 23.2 Å². The second kappa shape index (κ2) is 6.16. The zero-order chi connectivity index (χ0) is 15.9. The van der Waals surface area contributed by atoms with Crippen LogP contribution in [0.5, 0.6) is 0 Å². The van der Waals surface area contributed by atoms with Crippen molar-refractivity contribution in [3.05, 3.63) is 45.0 Å². The number of aliphatic hydroxyl groups is 1. The number of rotatable bonds is 4. The number of likely N-dealkylation sites (N-methyl/N-ethyl adjacent to an activating group) is 1. The normalized spacial score (nSPS) is 20.6. The van der Waals surface area contributed by atoms with Gasteiger partial charge in [0.05, 0.1) is 18.7 Å². The van der Waals surface area contributed by atoms with E-state index in [1.54, 1.807) is 6.07 Å². The van der Waals surface area contributed by atoms with Crippen LogP contribution in [-0.4, -0.2) is 33.3 Å². The number of halogens is 2. The van der Waals surface area contributed by atoms with E-state index in [0.717, 1.165) is 17.5 Å². The molecule has 1 heterocycles. The minimum atomic E-state index is -0.537. The van der Waals surface area contributed by atoms with Crippen LogP contribution < -0.4 is 0 Å². The molecule has 0 radical (unpaired) electrons. The third-order valence-corrected chi connectivity index (χ3v) is 4.53. The molecule has 5 nitrogen and oxygen atoms in total. The number of fused-ring (bicyclic) bond motifs is 1. The second-order valence-corrected chi connectivity index (χ2v) is 6.39. The standard InChI is InChI=1S/C15H17Cl2N3O2/c1-3-13-18-14(22-19-13)7-20(2)15-10-4-8(16)5-11(17)9(10)6-12(15)21/h4-5,12,15,21H,3,6-7H2,1-2H3/t12-,15-/m0/s1. The Morgan fingerprint density at radius 2 is 2.18 bits per heavy atom. The van der Waals surface area contributed by atoms with E-state index in [-0.39, 0.29) is 6.04 Å². The molecule has 0 aliphatic heterocycles. The minimum absolute atomic E-state index is 0.192. The summed E-state index contributed by atoms with van der Waals surface area (Å²) in [4.78, 5) is 6.29. The molecule has 0 bridgehead atoms. The van der Waals surface area contributed by atoms with Gasteiger partial charge < -0.3 is 9.63 Å². The Bertz CT molecular complexity index is 689. The lowest BCUT2D eigenvalue weighted by Gasteiger charge is -2.26. The van der Waals surface area contributed by atoms with Gasteiger partial charge in [0.25, 0.3) is 0 Å². The molecule has 3 rings (SSSR count). The molecule has 0 saturated carbocycles. The fourth-order valence-corrected chi connectivity index (χ4v) is 3.56. The van der Waals surface area contributed by atoms with Crippen LogP contribution in [0.1, 0.15) is 35.8 Å². The first kappa shape index (κ1) is 15.7. The van der Waals surface area contributed by atoms with Gasteiger partial charge in [-0.3, -0.25) is 4.90 Å². The SMILES string of the molecule is CCc1noc(CN(C)[C@H]2c3cc(Cl)cc(Cl)c3C[C@@H]2O)n1. The lowest BCUT2D eigenvalue weighted by atomic mass is 10.1. The van der Waals surface area contributed by atoms with Crippen molar-refractivity contribution in [2.75, 3.05) is 7.05 Å². The van der Waals surface area contributed by atoms with Crippen molar-refractivity contribution in [1.29, 1.82) is 0 Å². The van der Waals surface area contributed by atoms with Crippen LogP contribution in [0.4, 0.5) is 0 Å². The zero-order valence-corrected chi connectivity index (χ0v) is 13.9. The predicted octanol–water partition coefficient (Wildman–Crippen LogP) is 3.03. The maximum atomic E-state index is 10.4. The molecule has 0 spiro atoms. The van der Waals surface area contributed by atoms with Crippen molar-refractivity contribution in [1.82, 2.24) is 15.0 Å². The average molecular weight is 342 g/mol. The van der Waals surface area contributed by atoms with Crippen LogP contribution in [0.2, 0.25) is 10.0 Å². The summed E-state index contributed by atoms with van der Waals surface area (Å²) in [5.74, 6) is 1.22. The zero-order valence-electron chi connectivity index (χ0n) is 12.4. The maximum Gasteiger partial charge on any atom is 0.240 e. The van der Waals surface area contributed by atoms with Gasteiger partial charge in [0.15, 0.2) is 5.82 Å². The summed E-state index contributed by atoms with van der Waals surface area (Å²) in [5.41, 5.74) is 1.91. The molecule has 2 aromatic rings. The van der Waals surface area contributed by atoms with Crippen molar-refractivity contribution < 1.29 is 9.63 Å². The highest BCUT2D eigenvalue weighted by Crippen LogP contribution is 2.41. The van der Waals surface area contributed by atoms with Gasteiger partial charge in [0.1, 0.15) is 0 Å². The molecular formula is C15H17Cl2N3O2. The fraction of sp³-hybridized carbons (Fsp3) is 0.467. The Hall–Kier alpha value is -1.14. The molecule has 0 amide bonds. The van der Waals surface area contributed by atoms with Gasteiger partial charge in [-0.25, -0.2) is 0 Å². The molecule has 22 heavy (non-hydrogen) atoms. The van der Waals surface area contributed by atoms with Gasteiger partial charge in [-0.2, -0.15) is 4.98 Å². The summed E-state index contributed by atoms with van der Waals surface area (Å²) in [6, 6.07) is 3.39. The highest BCUT2D eigenvalue weighted by molar-refractivity contribution is 6.35. The quantitative estimate of drug-likeness (QED) is 0.925. The summed E-state index contributed by atoms with van der Waals surface area (Å²) in [5, 5.41) is 15.5. The van der Waals surface area contributed by atoms with E-state index in [0.29, 0.717) is 34.7 Å². The molecule has 0 saturated heterocycles. The van der Waals surface area contributed by atoms with E-state index in [1.165, 1.54) is 0 Å². The first-order valence-electron chi connectivity index (χ1n) is 7.17. The first-order chi connectivity index (χ1) is 10.5. The predicted molar refractivity (Wildman–Crippen MR) is 84.1 cm³/mol. The van der Waals surface area contributed by atoms with Gasteiger partial charge in [0, 0.05) is 22.9 Å². The van der Waals surface area contributed by atoms with Gasteiger partial charge in [-0.1, -0.05) is 35.3 Å². The van der Waals surface area contributed by atoms with Crippen LogP contribution in [0.25, 0.3) is 0 Å². The van der Waals surface area contributed by atoms with E-state index < -0.39 is 6.10 Å². The van der Waals surface area contributed by atoms with E-state index in [1.807, 2.05) is 24.9 Å². The second-order valence-electron chi connectivity index (χ2n) is 5.54. The summed E-state index contributed by atoms with van der Waals surface area (Å²) < 4.78 is 5.22. The number of hydrogen-bond donors (Lipinski definition) is 1. The third-order valence-electron chi connectivity index (χ3n) is 3.98. The van der Waals surface area contributed by atoms with E-state index >= 15 is 0 Å². The maximum absolute atomic E-state index is 10.4. The van der Waals surface area contributed by atoms with E-state index in [4.69, 9.17) is 27.7 Å². The average Bonchev–Trinajstić information content (AvgIpc) is 3.02. The topological polar surface area (TPSA) is 62.4 Å². The van der Waals surface area contributed by atoms with E-state index in [2.05, 4.69) is 10.1 Å². The lowest BCUT2D eigenvalue weighted by Crippen LogP contribution is -2.30. The molecule has 1 aliphatic carbocycles. The fourth-order valence-electron chi connectivity index (χ4n) is 2.97. The Morgan fingerprint density at radius 1 is 1.41 bits per heavy atom. The third kappa shape index (κ3) is 2.86. The molecule has 1 aliphatic rings. The monoisotopic (exact) mass is 341 g/mol. The van der Waals surface area contributed by atoms with Crippen molar-refractivity contribution in [2.45, 2.75) is 38.5 Å². The van der Waals surface area contributed by atoms with Crippen molar-refractivity contribution in [3.8, 4) is 0 Å². The van der Waals surface area contributed by atoms with Crippen molar-refractivity contribution in [3.63, 3.8) is 0 Å².